The van der Waals surface area contributed by atoms with Crippen molar-refractivity contribution in [3.63, 3.8) is 0 Å². The quantitative estimate of drug-likeness (QED) is 0.874. The van der Waals surface area contributed by atoms with Gasteiger partial charge in [0.1, 0.15) is 0 Å². The third-order valence-corrected chi connectivity index (χ3v) is 4.77. The minimum absolute atomic E-state index is 0.00161. The third-order valence-electron chi connectivity index (χ3n) is 4.77. The normalized spacial score (nSPS) is 25.3. The molecule has 0 spiro atoms. The number of aromatic nitrogens is 1. The van der Waals surface area contributed by atoms with Gasteiger partial charge in [0.15, 0.2) is 0 Å². The van der Waals surface area contributed by atoms with Crippen LogP contribution in [0.25, 0.3) is 0 Å². The summed E-state index contributed by atoms with van der Waals surface area (Å²) >= 11 is 0. The number of pyridine rings is 1. The number of nitrogens with one attached hydrogen (secondary N) is 1. The molecule has 2 aliphatic rings. The molecule has 23 heavy (non-hydrogen) atoms. The van der Waals surface area contributed by atoms with Gasteiger partial charge < -0.3 is 15.1 Å². The van der Waals surface area contributed by atoms with E-state index in [0.717, 1.165) is 39.0 Å². The van der Waals surface area contributed by atoms with Crippen LogP contribution in [0.5, 0.6) is 0 Å². The predicted molar refractivity (Wildman–Crippen MR) is 86.9 cm³/mol. The van der Waals surface area contributed by atoms with Crippen molar-refractivity contribution in [3.8, 4) is 0 Å². The molecule has 1 aromatic heterocycles. The summed E-state index contributed by atoms with van der Waals surface area (Å²) < 4.78 is 0. The van der Waals surface area contributed by atoms with E-state index in [0.29, 0.717) is 12.1 Å². The molecule has 2 fully saturated rings. The van der Waals surface area contributed by atoms with Crippen molar-refractivity contribution in [2.24, 2.45) is 5.92 Å². The number of hydrogen-bond acceptors (Lipinski definition) is 4. The Morgan fingerprint density at radius 3 is 2.78 bits per heavy atom. The van der Waals surface area contributed by atoms with Crippen molar-refractivity contribution in [1.29, 1.82) is 0 Å². The molecule has 1 unspecified atom stereocenters. The van der Waals surface area contributed by atoms with Gasteiger partial charge in [-0.1, -0.05) is 0 Å². The molecule has 1 N–H and O–H groups in total. The number of likely N-dealkylation sites (tertiary alicyclic amines) is 1. The standard InChI is InChI=1S/C17H24N4O2/c1-13-11-19-8-10-21(13)17(23)15-3-2-9-20(12-15)16(22)14-4-6-18-7-5-14/h4-7,13,15,19H,2-3,8-12H2,1H3/t13-,15?/m0/s1. The maximum absolute atomic E-state index is 12.8. The summed E-state index contributed by atoms with van der Waals surface area (Å²) in [5.41, 5.74) is 0.642. The molecule has 0 radical (unpaired) electrons. The first-order valence-electron chi connectivity index (χ1n) is 8.37. The lowest BCUT2D eigenvalue weighted by molar-refractivity contribution is -0.139. The predicted octanol–water partition coefficient (Wildman–Crippen LogP) is 0.754. The number of carbonyl (C=O) groups excluding carboxylic acids is 2. The summed E-state index contributed by atoms with van der Waals surface area (Å²) in [5.74, 6) is 0.125. The zero-order chi connectivity index (χ0) is 16.2. The maximum atomic E-state index is 12.8. The van der Waals surface area contributed by atoms with Gasteiger partial charge in [0.25, 0.3) is 5.91 Å². The molecular formula is C17H24N4O2. The zero-order valence-corrected chi connectivity index (χ0v) is 13.6. The first-order valence-corrected chi connectivity index (χ1v) is 8.37. The highest BCUT2D eigenvalue weighted by Crippen LogP contribution is 2.22. The van der Waals surface area contributed by atoms with Crippen LogP contribution in [0.3, 0.4) is 0 Å². The Labute approximate surface area is 136 Å². The Morgan fingerprint density at radius 2 is 2.04 bits per heavy atom. The average molecular weight is 316 g/mol. The fourth-order valence-corrected chi connectivity index (χ4v) is 3.44. The number of amides is 2. The molecule has 3 rings (SSSR count). The lowest BCUT2D eigenvalue weighted by Crippen LogP contribution is -2.55. The number of rotatable bonds is 2. The number of piperazine rings is 1. The largest absolute Gasteiger partial charge is 0.338 e. The van der Waals surface area contributed by atoms with E-state index in [2.05, 4.69) is 17.2 Å². The van der Waals surface area contributed by atoms with Gasteiger partial charge >= 0.3 is 0 Å². The van der Waals surface area contributed by atoms with Gasteiger partial charge in [0.05, 0.1) is 5.92 Å². The van der Waals surface area contributed by atoms with Crippen LogP contribution in [0.4, 0.5) is 0 Å². The van der Waals surface area contributed by atoms with Crippen LogP contribution in [-0.4, -0.2) is 65.4 Å². The van der Waals surface area contributed by atoms with Gasteiger partial charge in [-0.25, -0.2) is 0 Å². The monoisotopic (exact) mass is 316 g/mol. The Bertz CT molecular complexity index is 563. The van der Waals surface area contributed by atoms with E-state index < -0.39 is 0 Å². The van der Waals surface area contributed by atoms with E-state index in [4.69, 9.17) is 0 Å². The summed E-state index contributed by atoms with van der Waals surface area (Å²) in [4.78, 5) is 33.1. The molecule has 6 heteroatoms. The molecule has 2 atom stereocenters. The first kappa shape index (κ1) is 15.9. The SMILES string of the molecule is C[C@H]1CNCCN1C(=O)C1CCCN(C(=O)c2ccncc2)C1. The van der Waals surface area contributed by atoms with Crippen LogP contribution in [0.1, 0.15) is 30.1 Å². The van der Waals surface area contributed by atoms with E-state index in [9.17, 15) is 9.59 Å². The first-order chi connectivity index (χ1) is 11.2. The van der Waals surface area contributed by atoms with Gasteiger partial charge in [-0.2, -0.15) is 0 Å². The van der Waals surface area contributed by atoms with Crippen LogP contribution >= 0.6 is 0 Å². The van der Waals surface area contributed by atoms with Crippen LogP contribution in [-0.2, 0) is 4.79 Å². The second-order valence-electron chi connectivity index (χ2n) is 6.41. The minimum Gasteiger partial charge on any atom is -0.338 e. The second-order valence-corrected chi connectivity index (χ2v) is 6.41. The minimum atomic E-state index is -0.0740. The van der Waals surface area contributed by atoms with Crippen LogP contribution in [0, 0.1) is 5.92 Å². The fraction of sp³-hybridized carbons (Fsp3) is 0.588. The van der Waals surface area contributed by atoms with Crippen molar-refractivity contribution in [3.05, 3.63) is 30.1 Å². The molecular weight excluding hydrogens is 292 g/mol. The molecule has 2 aliphatic heterocycles. The number of carbonyl (C=O) groups is 2. The molecule has 0 bridgehead atoms. The van der Waals surface area contributed by atoms with E-state index in [1.165, 1.54) is 0 Å². The summed E-state index contributed by atoms with van der Waals surface area (Å²) in [7, 11) is 0. The second kappa shape index (κ2) is 7.08. The van der Waals surface area contributed by atoms with Crippen molar-refractivity contribution in [1.82, 2.24) is 20.1 Å². The zero-order valence-electron chi connectivity index (χ0n) is 13.6. The van der Waals surface area contributed by atoms with Crippen LogP contribution in [0.15, 0.2) is 24.5 Å². The van der Waals surface area contributed by atoms with Crippen molar-refractivity contribution in [2.75, 3.05) is 32.7 Å². The van der Waals surface area contributed by atoms with E-state index in [-0.39, 0.29) is 23.8 Å². The number of piperidine rings is 1. The lowest BCUT2D eigenvalue weighted by Gasteiger charge is -2.39. The van der Waals surface area contributed by atoms with Gasteiger partial charge in [0.2, 0.25) is 5.91 Å². The molecule has 6 nitrogen and oxygen atoms in total. The van der Waals surface area contributed by atoms with E-state index >= 15 is 0 Å². The Kier molecular flexibility index (Phi) is 4.91. The maximum Gasteiger partial charge on any atom is 0.253 e. The number of nitrogens with zero attached hydrogens (tertiary/aromatic N) is 3. The van der Waals surface area contributed by atoms with Crippen LogP contribution in [0.2, 0.25) is 0 Å². The highest BCUT2D eigenvalue weighted by molar-refractivity contribution is 5.94. The van der Waals surface area contributed by atoms with Crippen LogP contribution < -0.4 is 5.32 Å². The Balaban J connectivity index is 1.66. The van der Waals surface area contributed by atoms with Gasteiger partial charge in [-0.3, -0.25) is 14.6 Å². The smallest absolute Gasteiger partial charge is 0.253 e. The molecule has 0 aromatic carbocycles. The fourth-order valence-electron chi connectivity index (χ4n) is 3.44. The van der Waals surface area contributed by atoms with E-state index in [1.54, 1.807) is 24.5 Å². The number of hydrogen-bond donors (Lipinski definition) is 1. The highest BCUT2D eigenvalue weighted by Gasteiger charge is 2.33. The molecule has 124 valence electrons. The molecule has 1 aromatic rings. The highest BCUT2D eigenvalue weighted by atomic mass is 16.2. The third kappa shape index (κ3) is 3.52. The van der Waals surface area contributed by atoms with Gasteiger partial charge in [0, 0.05) is 56.7 Å². The Hall–Kier alpha value is -1.95. The molecule has 0 aliphatic carbocycles. The van der Waals surface area contributed by atoms with Crippen molar-refractivity contribution in [2.45, 2.75) is 25.8 Å². The summed E-state index contributed by atoms with van der Waals surface area (Å²) in [6.45, 7) is 5.78. The summed E-state index contributed by atoms with van der Waals surface area (Å²) in [6, 6.07) is 3.68. The molecule has 3 heterocycles. The lowest BCUT2D eigenvalue weighted by atomic mass is 9.95. The molecule has 2 saturated heterocycles. The summed E-state index contributed by atoms with van der Waals surface area (Å²) in [5, 5.41) is 3.31. The van der Waals surface area contributed by atoms with Gasteiger partial charge in [-0.05, 0) is 31.9 Å². The van der Waals surface area contributed by atoms with Gasteiger partial charge in [-0.15, -0.1) is 0 Å². The van der Waals surface area contributed by atoms with Crippen molar-refractivity contribution < 1.29 is 9.59 Å². The summed E-state index contributed by atoms with van der Waals surface area (Å²) in [6.07, 6.45) is 5.01. The van der Waals surface area contributed by atoms with Crippen molar-refractivity contribution >= 4 is 11.8 Å². The molecule has 0 saturated carbocycles. The Morgan fingerprint density at radius 1 is 1.26 bits per heavy atom. The average Bonchev–Trinajstić information content (AvgIpc) is 2.62. The molecule has 2 amide bonds. The topological polar surface area (TPSA) is 65.5 Å². The van der Waals surface area contributed by atoms with E-state index in [1.807, 2.05) is 9.80 Å².